The van der Waals surface area contributed by atoms with Gasteiger partial charge in [0.25, 0.3) is 0 Å². The summed E-state index contributed by atoms with van der Waals surface area (Å²) < 4.78 is 26.6. The van der Waals surface area contributed by atoms with Crippen LogP contribution in [0.25, 0.3) is 0 Å². The Morgan fingerprint density at radius 1 is 1.28 bits per heavy atom. The minimum atomic E-state index is -3.05. The number of nitrogens with zero attached hydrogens (tertiary/aromatic N) is 1. The number of nitrogens with one attached hydrogen (secondary N) is 1. The Morgan fingerprint density at radius 3 is 2.67 bits per heavy atom. The van der Waals surface area contributed by atoms with Crippen LogP contribution in [-0.4, -0.2) is 43.6 Å². The predicted octanol–water partition coefficient (Wildman–Crippen LogP) is 1.58. The molecule has 0 bridgehead atoms. The third kappa shape index (κ3) is 3.25. The zero-order valence-corrected chi connectivity index (χ0v) is 12.4. The fraction of sp³-hybridized carbons (Fsp3) is 1.00. The molecule has 0 aromatic heterocycles. The van der Waals surface area contributed by atoms with E-state index in [9.17, 15) is 8.42 Å². The Hall–Kier alpha value is -0.130. The molecule has 0 amide bonds. The highest BCUT2D eigenvalue weighted by atomic mass is 32.2. The molecule has 2 aliphatic heterocycles. The van der Waals surface area contributed by atoms with Gasteiger partial charge in [0, 0.05) is 18.6 Å². The summed E-state index contributed by atoms with van der Waals surface area (Å²) in [6.45, 7) is 5.93. The maximum Gasteiger partial charge on any atom is 0.214 e. The van der Waals surface area contributed by atoms with Crippen LogP contribution in [-0.2, 0) is 10.0 Å². The molecular weight excluding hydrogens is 248 g/mol. The molecule has 106 valence electrons. The molecule has 2 unspecified atom stereocenters. The summed E-state index contributed by atoms with van der Waals surface area (Å²) in [6.07, 6.45) is 5.12. The fourth-order valence-corrected chi connectivity index (χ4v) is 5.13. The van der Waals surface area contributed by atoms with E-state index in [0.29, 0.717) is 17.7 Å². The Labute approximate surface area is 111 Å². The van der Waals surface area contributed by atoms with Crippen LogP contribution in [0.15, 0.2) is 0 Å². The largest absolute Gasteiger partial charge is 0.312 e. The minimum Gasteiger partial charge on any atom is -0.312 e. The molecule has 0 aliphatic carbocycles. The lowest BCUT2D eigenvalue weighted by Crippen LogP contribution is -2.47. The first-order valence-electron chi connectivity index (χ1n) is 7.23. The maximum absolute atomic E-state index is 12.4. The standard InChI is InChI=1S/C13H26N2O2S/c1-11(2)7-10-18(16,17)15-9-4-6-13(15)12-5-3-8-14-12/h11-14H,3-10H2,1-2H3. The lowest BCUT2D eigenvalue weighted by atomic mass is 10.1. The lowest BCUT2D eigenvalue weighted by molar-refractivity contribution is 0.321. The van der Waals surface area contributed by atoms with E-state index < -0.39 is 10.0 Å². The average molecular weight is 274 g/mol. The van der Waals surface area contributed by atoms with Crippen molar-refractivity contribution in [2.75, 3.05) is 18.8 Å². The lowest BCUT2D eigenvalue weighted by Gasteiger charge is -2.29. The first-order chi connectivity index (χ1) is 8.50. The molecule has 2 aliphatic rings. The van der Waals surface area contributed by atoms with E-state index in [0.717, 1.165) is 38.8 Å². The quantitative estimate of drug-likeness (QED) is 0.828. The Balaban J connectivity index is 2.01. The fourth-order valence-electron chi connectivity index (χ4n) is 3.06. The van der Waals surface area contributed by atoms with E-state index in [1.54, 1.807) is 4.31 Å². The zero-order chi connectivity index (χ0) is 13.2. The van der Waals surface area contributed by atoms with Gasteiger partial charge in [-0.1, -0.05) is 13.8 Å². The number of sulfonamides is 1. The van der Waals surface area contributed by atoms with E-state index in [2.05, 4.69) is 19.2 Å². The van der Waals surface area contributed by atoms with Crippen molar-refractivity contribution in [2.45, 2.75) is 58.0 Å². The molecule has 18 heavy (non-hydrogen) atoms. The van der Waals surface area contributed by atoms with Gasteiger partial charge in [0.1, 0.15) is 0 Å². The van der Waals surface area contributed by atoms with Gasteiger partial charge in [0.15, 0.2) is 0 Å². The summed E-state index contributed by atoms with van der Waals surface area (Å²) in [4.78, 5) is 0. The third-order valence-electron chi connectivity index (χ3n) is 4.12. The molecule has 0 aromatic carbocycles. The normalized spacial score (nSPS) is 30.4. The molecule has 1 N–H and O–H groups in total. The van der Waals surface area contributed by atoms with Crippen LogP contribution in [0.5, 0.6) is 0 Å². The summed E-state index contributed by atoms with van der Waals surface area (Å²) in [5, 5.41) is 3.46. The molecule has 2 atom stereocenters. The van der Waals surface area contributed by atoms with Crippen molar-refractivity contribution in [3.8, 4) is 0 Å². The number of hydrogen-bond acceptors (Lipinski definition) is 3. The summed E-state index contributed by atoms with van der Waals surface area (Å²) in [5.74, 6) is 0.763. The zero-order valence-electron chi connectivity index (χ0n) is 11.6. The van der Waals surface area contributed by atoms with Gasteiger partial charge in [-0.2, -0.15) is 4.31 Å². The van der Waals surface area contributed by atoms with Crippen molar-refractivity contribution in [3.05, 3.63) is 0 Å². The second-order valence-corrected chi connectivity index (χ2v) is 8.06. The van der Waals surface area contributed by atoms with Crippen LogP contribution in [0.3, 0.4) is 0 Å². The van der Waals surface area contributed by atoms with Crippen molar-refractivity contribution < 1.29 is 8.42 Å². The topological polar surface area (TPSA) is 49.4 Å². The predicted molar refractivity (Wildman–Crippen MR) is 74.0 cm³/mol. The first-order valence-corrected chi connectivity index (χ1v) is 8.84. The summed E-state index contributed by atoms with van der Waals surface area (Å²) in [5.41, 5.74) is 0. The van der Waals surface area contributed by atoms with Crippen LogP contribution >= 0.6 is 0 Å². The summed E-state index contributed by atoms with van der Waals surface area (Å²) >= 11 is 0. The molecule has 5 heteroatoms. The molecule has 0 spiro atoms. The van der Waals surface area contributed by atoms with Crippen LogP contribution in [0.1, 0.15) is 46.0 Å². The van der Waals surface area contributed by atoms with Crippen LogP contribution in [0.2, 0.25) is 0 Å². The summed E-state index contributed by atoms with van der Waals surface area (Å²) in [6, 6.07) is 0.603. The molecule has 2 heterocycles. The van der Waals surface area contributed by atoms with Crippen molar-refractivity contribution >= 4 is 10.0 Å². The second-order valence-electron chi connectivity index (χ2n) is 6.02. The van der Waals surface area contributed by atoms with E-state index in [-0.39, 0.29) is 6.04 Å². The molecular formula is C13H26N2O2S. The minimum absolute atomic E-state index is 0.213. The van der Waals surface area contributed by atoms with Gasteiger partial charge in [-0.05, 0) is 44.6 Å². The molecule has 4 nitrogen and oxygen atoms in total. The first kappa shape index (κ1) is 14.3. The summed E-state index contributed by atoms with van der Waals surface area (Å²) in [7, 11) is -3.05. The highest BCUT2D eigenvalue weighted by molar-refractivity contribution is 7.89. The number of rotatable bonds is 5. The van der Waals surface area contributed by atoms with Crippen LogP contribution < -0.4 is 5.32 Å². The van der Waals surface area contributed by atoms with Gasteiger partial charge in [-0.25, -0.2) is 8.42 Å². The molecule has 0 radical (unpaired) electrons. The van der Waals surface area contributed by atoms with Gasteiger partial charge < -0.3 is 5.32 Å². The monoisotopic (exact) mass is 274 g/mol. The highest BCUT2D eigenvalue weighted by Crippen LogP contribution is 2.28. The third-order valence-corrected chi connectivity index (χ3v) is 6.04. The highest BCUT2D eigenvalue weighted by Gasteiger charge is 2.39. The second kappa shape index (κ2) is 5.88. The van der Waals surface area contributed by atoms with Gasteiger partial charge in [-0.15, -0.1) is 0 Å². The Bertz CT molecular complexity index is 361. The molecule has 0 saturated carbocycles. The molecule has 2 saturated heterocycles. The van der Waals surface area contributed by atoms with Gasteiger partial charge in [0.2, 0.25) is 10.0 Å². The van der Waals surface area contributed by atoms with Crippen LogP contribution in [0, 0.1) is 5.92 Å². The van der Waals surface area contributed by atoms with Gasteiger partial charge in [-0.3, -0.25) is 0 Å². The molecule has 0 aromatic rings. The van der Waals surface area contributed by atoms with Crippen molar-refractivity contribution in [2.24, 2.45) is 5.92 Å². The van der Waals surface area contributed by atoms with Gasteiger partial charge >= 0.3 is 0 Å². The SMILES string of the molecule is CC(C)CCS(=O)(=O)N1CCCC1C1CCCN1. The van der Waals surface area contributed by atoms with Crippen molar-refractivity contribution in [1.82, 2.24) is 9.62 Å². The van der Waals surface area contributed by atoms with Crippen molar-refractivity contribution in [3.63, 3.8) is 0 Å². The Kier molecular flexibility index (Phi) is 4.67. The van der Waals surface area contributed by atoms with E-state index in [1.807, 2.05) is 0 Å². The number of hydrogen-bond donors (Lipinski definition) is 1. The molecule has 2 rings (SSSR count). The van der Waals surface area contributed by atoms with E-state index >= 15 is 0 Å². The molecule has 2 fully saturated rings. The van der Waals surface area contributed by atoms with Crippen LogP contribution in [0.4, 0.5) is 0 Å². The van der Waals surface area contributed by atoms with Gasteiger partial charge in [0.05, 0.1) is 5.75 Å². The smallest absolute Gasteiger partial charge is 0.214 e. The average Bonchev–Trinajstić information content (AvgIpc) is 2.96. The van der Waals surface area contributed by atoms with Crippen molar-refractivity contribution in [1.29, 1.82) is 0 Å². The Morgan fingerprint density at radius 2 is 2.06 bits per heavy atom. The maximum atomic E-state index is 12.4. The van der Waals surface area contributed by atoms with E-state index in [1.165, 1.54) is 6.42 Å². The van der Waals surface area contributed by atoms with E-state index in [4.69, 9.17) is 0 Å².